The number of hydrogen-bond acceptors (Lipinski definition) is 4. The van der Waals surface area contributed by atoms with Gasteiger partial charge in [0.25, 0.3) is 10.0 Å². The lowest BCUT2D eigenvalue weighted by molar-refractivity contribution is -0.119. The predicted octanol–water partition coefficient (Wildman–Crippen LogP) is 4.47. The molecule has 0 saturated carbocycles. The quantitative estimate of drug-likeness (QED) is 0.486. The van der Waals surface area contributed by atoms with Crippen molar-refractivity contribution in [3.8, 4) is 0 Å². The summed E-state index contributed by atoms with van der Waals surface area (Å²) in [5.74, 6) is -0.969. The van der Waals surface area contributed by atoms with E-state index < -0.39 is 28.3 Å². The molecule has 0 fully saturated rings. The van der Waals surface area contributed by atoms with Gasteiger partial charge >= 0.3 is 0 Å². The van der Waals surface area contributed by atoms with Crippen molar-refractivity contribution in [1.82, 2.24) is 5.32 Å². The second-order valence-electron chi connectivity index (χ2n) is 7.16. The third-order valence-electron chi connectivity index (χ3n) is 4.98. The summed E-state index contributed by atoms with van der Waals surface area (Å²) in [7, 11) is -4.07. The first-order chi connectivity index (χ1) is 14.9. The van der Waals surface area contributed by atoms with Crippen LogP contribution in [-0.2, 0) is 21.2 Å². The van der Waals surface area contributed by atoms with E-state index in [9.17, 15) is 17.6 Å². The highest BCUT2D eigenvalue weighted by molar-refractivity contribution is 7.94. The fourth-order valence-corrected chi connectivity index (χ4v) is 5.76. The molecular weight excluding hydrogens is 435 g/mol. The van der Waals surface area contributed by atoms with Gasteiger partial charge in [0.2, 0.25) is 5.91 Å². The highest BCUT2D eigenvalue weighted by atomic mass is 32.2. The summed E-state index contributed by atoms with van der Waals surface area (Å²) >= 11 is 1.03. The van der Waals surface area contributed by atoms with E-state index in [1.807, 2.05) is 37.3 Å². The highest BCUT2D eigenvalue weighted by Gasteiger charge is 2.30. The summed E-state index contributed by atoms with van der Waals surface area (Å²) < 4.78 is 41.5. The number of anilines is 1. The summed E-state index contributed by atoms with van der Waals surface area (Å²) in [6.07, 6.45) is 1.67. The average Bonchev–Trinajstić information content (AvgIpc) is 3.32. The number of hydrogen-bond donors (Lipinski definition) is 1. The van der Waals surface area contributed by atoms with Gasteiger partial charge in [-0.15, -0.1) is 11.3 Å². The largest absolute Gasteiger partial charge is 0.354 e. The Kier molecular flexibility index (Phi) is 7.81. The van der Waals surface area contributed by atoms with Crippen LogP contribution in [-0.4, -0.2) is 27.4 Å². The maximum absolute atomic E-state index is 14.4. The molecule has 3 rings (SSSR count). The Bertz CT molecular complexity index is 1090. The molecule has 0 saturated heterocycles. The number of carbonyl (C=O) groups excluding carboxylic acids is 1. The molecule has 0 aliphatic rings. The molecule has 5 nitrogen and oxygen atoms in total. The molecule has 2 aromatic carbocycles. The van der Waals surface area contributed by atoms with Gasteiger partial charge < -0.3 is 5.32 Å². The third kappa shape index (κ3) is 5.92. The number of benzene rings is 2. The fraction of sp³-hybridized carbons (Fsp3) is 0.261. The Labute approximate surface area is 186 Å². The SMILES string of the molecule is CCC(CNC(=O)CN(c1ccccc1F)S(=O)(=O)c1cccs1)Cc1ccccc1. The highest BCUT2D eigenvalue weighted by Crippen LogP contribution is 2.28. The van der Waals surface area contributed by atoms with Crippen LogP contribution in [0.5, 0.6) is 0 Å². The molecule has 164 valence electrons. The van der Waals surface area contributed by atoms with Crippen molar-refractivity contribution in [2.24, 2.45) is 5.92 Å². The number of rotatable bonds is 10. The van der Waals surface area contributed by atoms with E-state index in [4.69, 9.17) is 0 Å². The number of sulfonamides is 1. The van der Waals surface area contributed by atoms with Crippen LogP contribution in [0.25, 0.3) is 0 Å². The zero-order chi connectivity index (χ0) is 22.3. The molecule has 0 aliphatic carbocycles. The minimum atomic E-state index is -4.07. The first-order valence-electron chi connectivity index (χ1n) is 10.0. The second-order valence-corrected chi connectivity index (χ2v) is 10.2. The summed E-state index contributed by atoms with van der Waals surface area (Å²) in [5, 5.41) is 4.45. The lowest BCUT2D eigenvalue weighted by atomic mass is 9.97. The van der Waals surface area contributed by atoms with E-state index in [0.717, 1.165) is 28.5 Å². The number of nitrogens with one attached hydrogen (secondary N) is 1. The molecule has 31 heavy (non-hydrogen) atoms. The van der Waals surface area contributed by atoms with Crippen LogP contribution in [0, 0.1) is 11.7 Å². The van der Waals surface area contributed by atoms with Crippen molar-refractivity contribution < 1.29 is 17.6 Å². The third-order valence-corrected chi connectivity index (χ3v) is 8.11. The summed E-state index contributed by atoms with van der Waals surface area (Å²) in [6, 6.07) is 18.6. The Morgan fingerprint density at radius 1 is 1.06 bits per heavy atom. The van der Waals surface area contributed by atoms with Crippen molar-refractivity contribution in [2.75, 3.05) is 17.4 Å². The minimum absolute atomic E-state index is 0.0547. The van der Waals surface area contributed by atoms with Crippen LogP contribution in [0.4, 0.5) is 10.1 Å². The number of para-hydroxylation sites is 1. The summed E-state index contributed by atoms with van der Waals surface area (Å²) in [4.78, 5) is 12.7. The fourth-order valence-electron chi connectivity index (χ4n) is 3.23. The molecule has 0 radical (unpaired) electrons. The first kappa shape index (κ1) is 23.0. The smallest absolute Gasteiger partial charge is 0.274 e. The molecule has 3 aromatic rings. The molecule has 1 unspecified atom stereocenters. The second kappa shape index (κ2) is 10.5. The molecule has 0 spiro atoms. The van der Waals surface area contributed by atoms with Crippen molar-refractivity contribution in [3.63, 3.8) is 0 Å². The molecule has 1 aromatic heterocycles. The maximum atomic E-state index is 14.4. The molecular formula is C23H25FN2O3S2. The van der Waals surface area contributed by atoms with Crippen molar-refractivity contribution in [1.29, 1.82) is 0 Å². The Morgan fingerprint density at radius 3 is 2.42 bits per heavy atom. The van der Waals surface area contributed by atoms with Gasteiger partial charge in [-0.3, -0.25) is 9.10 Å². The van der Waals surface area contributed by atoms with Gasteiger partial charge in [-0.1, -0.05) is 61.9 Å². The van der Waals surface area contributed by atoms with Crippen LogP contribution in [0.3, 0.4) is 0 Å². The number of amides is 1. The topological polar surface area (TPSA) is 66.5 Å². The van der Waals surface area contributed by atoms with E-state index in [0.29, 0.717) is 6.54 Å². The number of carbonyl (C=O) groups is 1. The van der Waals surface area contributed by atoms with Gasteiger partial charge in [0.1, 0.15) is 16.6 Å². The van der Waals surface area contributed by atoms with Crippen LogP contribution >= 0.6 is 11.3 Å². The zero-order valence-electron chi connectivity index (χ0n) is 17.2. The van der Waals surface area contributed by atoms with Crippen LogP contribution in [0.1, 0.15) is 18.9 Å². The molecule has 1 amide bonds. The van der Waals surface area contributed by atoms with Gasteiger partial charge in [-0.25, -0.2) is 12.8 Å². The lowest BCUT2D eigenvalue weighted by Gasteiger charge is -2.24. The number of nitrogens with zero attached hydrogens (tertiary/aromatic N) is 1. The maximum Gasteiger partial charge on any atom is 0.274 e. The van der Waals surface area contributed by atoms with E-state index in [-0.39, 0.29) is 15.8 Å². The van der Waals surface area contributed by atoms with Crippen LogP contribution in [0.2, 0.25) is 0 Å². The van der Waals surface area contributed by atoms with Crippen LogP contribution < -0.4 is 9.62 Å². The van der Waals surface area contributed by atoms with E-state index in [1.165, 1.54) is 29.8 Å². The lowest BCUT2D eigenvalue weighted by Crippen LogP contribution is -2.42. The van der Waals surface area contributed by atoms with Crippen molar-refractivity contribution >= 4 is 33.0 Å². The minimum Gasteiger partial charge on any atom is -0.354 e. The zero-order valence-corrected chi connectivity index (χ0v) is 18.8. The van der Waals surface area contributed by atoms with Crippen LogP contribution in [0.15, 0.2) is 76.3 Å². The number of thiophene rings is 1. The van der Waals surface area contributed by atoms with Gasteiger partial charge in [-0.05, 0) is 41.5 Å². The normalized spacial score (nSPS) is 12.3. The monoisotopic (exact) mass is 460 g/mol. The first-order valence-corrected chi connectivity index (χ1v) is 12.3. The molecule has 1 heterocycles. The summed E-state index contributed by atoms with van der Waals surface area (Å²) in [5.41, 5.74) is 1.03. The summed E-state index contributed by atoms with van der Waals surface area (Å²) in [6.45, 7) is 1.96. The molecule has 1 N–H and O–H groups in total. The van der Waals surface area contributed by atoms with Crippen molar-refractivity contribution in [3.05, 3.63) is 83.5 Å². The standard InChI is InChI=1S/C23H25FN2O3S2/c1-2-18(15-19-9-4-3-5-10-19)16-25-22(27)17-26(21-12-7-6-11-20(21)24)31(28,29)23-13-8-14-30-23/h3-14,18H,2,15-17H2,1H3,(H,25,27). The van der Waals surface area contributed by atoms with E-state index in [1.54, 1.807) is 17.5 Å². The van der Waals surface area contributed by atoms with Gasteiger partial charge in [0, 0.05) is 6.54 Å². The van der Waals surface area contributed by atoms with E-state index in [2.05, 4.69) is 5.32 Å². The molecule has 8 heteroatoms. The Balaban J connectivity index is 1.73. The van der Waals surface area contributed by atoms with Crippen molar-refractivity contribution in [2.45, 2.75) is 24.0 Å². The Morgan fingerprint density at radius 2 is 1.77 bits per heavy atom. The predicted molar refractivity (Wildman–Crippen MR) is 122 cm³/mol. The average molecular weight is 461 g/mol. The molecule has 0 aliphatic heterocycles. The molecule has 1 atom stereocenters. The number of halogens is 1. The van der Waals surface area contributed by atoms with E-state index >= 15 is 0 Å². The van der Waals surface area contributed by atoms with Gasteiger partial charge in [-0.2, -0.15) is 0 Å². The van der Waals surface area contributed by atoms with Gasteiger partial charge in [0.05, 0.1) is 5.69 Å². The Hall–Kier alpha value is -2.71. The van der Waals surface area contributed by atoms with Gasteiger partial charge in [0.15, 0.2) is 0 Å². The molecule has 0 bridgehead atoms.